The molecular weight excluding hydrogens is 216 g/mol. The molecule has 16 heavy (non-hydrogen) atoms. The molecule has 0 aliphatic heterocycles. The molecule has 1 aromatic rings. The Morgan fingerprint density at radius 2 is 1.94 bits per heavy atom. The summed E-state index contributed by atoms with van der Waals surface area (Å²) in [5.41, 5.74) is 2.30. The number of hydrogen-bond acceptors (Lipinski definition) is 2. The van der Waals surface area contributed by atoms with Crippen molar-refractivity contribution in [2.24, 2.45) is 5.92 Å². The zero-order valence-electron chi connectivity index (χ0n) is 9.86. The summed E-state index contributed by atoms with van der Waals surface area (Å²) in [6.45, 7) is 4.40. The van der Waals surface area contributed by atoms with Crippen LogP contribution in [-0.2, 0) is 5.75 Å². The SMILES string of the molecule is CC(C)CSCc1ccc(C#CCO)cc1. The molecule has 86 valence electrons. The van der Waals surface area contributed by atoms with Crippen LogP contribution in [-0.4, -0.2) is 17.5 Å². The predicted molar refractivity (Wildman–Crippen MR) is 71.4 cm³/mol. The number of hydrogen-bond donors (Lipinski definition) is 1. The molecule has 0 atom stereocenters. The molecule has 0 unspecified atom stereocenters. The summed E-state index contributed by atoms with van der Waals surface area (Å²) >= 11 is 1.96. The number of aliphatic hydroxyl groups is 1. The average molecular weight is 234 g/mol. The van der Waals surface area contributed by atoms with E-state index in [2.05, 4.69) is 37.8 Å². The Morgan fingerprint density at radius 1 is 1.25 bits per heavy atom. The van der Waals surface area contributed by atoms with Crippen LogP contribution < -0.4 is 0 Å². The minimum Gasteiger partial charge on any atom is -0.384 e. The van der Waals surface area contributed by atoms with E-state index < -0.39 is 0 Å². The van der Waals surface area contributed by atoms with Crippen molar-refractivity contribution < 1.29 is 5.11 Å². The van der Waals surface area contributed by atoms with Gasteiger partial charge in [-0.2, -0.15) is 11.8 Å². The molecule has 0 fully saturated rings. The van der Waals surface area contributed by atoms with Gasteiger partial charge in [0.25, 0.3) is 0 Å². The third-order valence-electron chi connectivity index (χ3n) is 1.99. The second-order valence-electron chi connectivity index (χ2n) is 4.07. The number of benzene rings is 1. The van der Waals surface area contributed by atoms with Crippen LogP contribution in [0.1, 0.15) is 25.0 Å². The molecule has 1 N–H and O–H groups in total. The van der Waals surface area contributed by atoms with Crippen LogP contribution in [0, 0.1) is 17.8 Å². The van der Waals surface area contributed by atoms with Crippen LogP contribution in [0.3, 0.4) is 0 Å². The van der Waals surface area contributed by atoms with E-state index in [1.807, 2.05) is 23.9 Å². The van der Waals surface area contributed by atoms with Crippen LogP contribution >= 0.6 is 11.8 Å². The van der Waals surface area contributed by atoms with Gasteiger partial charge in [0.15, 0.2) is 0 Å². The zero-order valence-corrected chi connectivity index (χ0v) is 10.7. The van der Waals surface area contributed by atoms with Gasteiger partial charge in [-0.15, -0.1) is 0 Å². The summed E-state index contributed by atoms with van der Waals surface area (Å²) in [5.74, 6) is 8.54. The maximum Gasteiger partial charge on any atom is 0.104 e. The van der Waals surface area contributed by atoms with Gasteiger partial charge in [0.2, 0.25) is 0 Å². The molecule has 0 aromatic heterocycles. The van der Waals surface area contributed by atoms with Crippen LogP contribution in [0.5, 0.6) is 0 Å². The Labute approximate surface area is 102 Å². The van der Waals surface area contributed by atoms with E-state index in [1.165, 1.54) is 11.3 Å². The van der Waals surface area contributed by atoms with Crippen molar-refractivity contribution in [3.8, 4) is 11.8 Å². The Hall–Kier alpha value is -0.910. The molecule has 1 rings (SSSR count). The maximum absolute atomic E-state index is 8.57. The smallest absolute Gasteiger partial charge is 0.104 e. The summed E-state index contributed by atoms with van der Waals surface area (Å²) < 4.78 is 0. The Kier molecular flexibility index (Phi) is 6.07. The first-order valence-electron chi connectivity index (χ1n) is 5.49. The van der Waals surface area contributed by atoms with Gasteiger partial charge in [0, 0.05) is 11.3 Å². The Morgan fingerprint density at radius 3 is 2.50 bits per heavy atom. The molecule has 0 saturated carbocycles. The predicted octanol–water partition coefficient (Wildman–Crippen LogP) is 2.92. The summed E-state index contributed by atoms with van der Waals surface area (Å²) in [7, 11) is 0. The summed E-state index contributed by atoms with van der Waals surface area (Å²) in [4.78, 5) is 0. The quantitative estimate of drug-likeness (QED) is 0.808. The van der Waals surface area contributed by atoms with Gasteiger partial charge < -0.3 is 5.11 Å². The molecule has 0 saturated heterocycles. The van der Waals surface area contributed by atoms with Crippen molar-refractivity contribution in [2.45, 2.75) is 19.6 Å². The molecule has 0 bridgehead atoms. The van der Waals surface area contributed by atoms with Crippen molar-refractivity contribution >= 4 is 11.8 Å². The average Bonchev–Trinajstić information content (AvgIpc) is 2.27. The van der Waals surface area contributed by atoms with Crippen molar-refractivity contribution in [1.82, 2.24) is 0 Å². The lowest BCUT2D eigenvalue weighted by molar-refractivity contribution is 0.350. The minimum atomic E-state index is -0.0774. The van der Waals surface area contributed by atoms with Crippen molar-refractivity contribution in [2.75, 3.05) is 12.4 Å². The fourth-order valence-electron chi connectivity index (χ4n) is 1.24. The molecule has 0 amide bonds. The number of thioether (sulfide) groups is 1. The topological polar surface area (TPSA) is 20.2 Å². The summed E-state index contributed by atoms with van der Waals surface area (Å²) in [6.07, 6.45) is 0. The van der Waals surface area contributed by atoms with Crippen LogP contribution in [0.4, 0.5) is 0 Å². The largest absolute Gasteiger partial charge is 0.384 e. The fraction of sp³-hybridized carbons (Fsp3) is 0.429. The van der Waals surface area contributed by atoms with Crippen molar-refractivity contribution in [3.05, 3.63) is 35.4 Å². The van der Waals surface area contributed by atoms with Crippen molar-refractivity contribution in [1.29, 1.82) is 0 Å². The standard InChI is InChI=1S/C14H18OS/c1-12(2)10-16-11-14-7-5-13(6-8-14)4-3-9-15/h5-8,12,15H,9-11H2,1-2H3. The van der Waals surface area contributed by atoms with E-state index in [-0.39, 0.29) is 6.61 Å². The highest BCUT2D eigenvalue weighted by Gasteiger charge is 1.96. The van der Waals surface area contributed by atoms with Gasteiger partial charge in [0.1, 0.15) is 6.61 Å². The maximum atomic E-state index is 8.57. The van der Waals surface area contributed by atoms with E-state index >= 15 is 0 Å². The second kappa shape index (κ2) is 7.38. The normalized spacial score (nSPS) is 10.0. The lowest BCUT2D eigenvalue weighted by Crippen LogP contribution is -1.91. The molecule has 0 spiro atoms. The molecule has 1 nitrogen and oxygen atoms in total. The van der Waals surface area contributed by atoms with Gasteiger partial charge in [-0.3, -0.25) is 0 Å². The summed E-state index contributed by atoms with van der Waals surface area (Å²) in [5, 5.41) is 8.57. The summed E-state index contributed by atoms with van der Waals surface area (Å²) in [6, 6.07) is 8.23. The lowest BCUT2D eigenvalue weighted by atomic mass is 10.1. The van der Waals surface area contributed by atoms with Crippen LogP contribution in [0.15, 0.2) is 24.3 Å². The van der Waals surface area contributed by atoms with E-state index in [9.17, 15) is 0 Å². The van der Waals surface area contributed by atoms with Gasteiger partial charge in [0.05, 0.1) is 0 Å². The van der Waals surface area contributed by atoms with E-state index in [4.69, 9.17) is 5.11 Å². The lowest BCUT2D eigenvalue weighted by Gasteiger charge is -2.04. The number of rotatable bonds is 4. The molecule has 0 heterocycles. The van der Waals surface area contributed by atoms with E-state index in [0.29, 0.717) is 0 Å². The highest BCUT2D eigenvalue weighted by atomic mass is 32.2. The third kappa shape index (κ3) is 5.25. The van der Waals surface area contributed by atoms with Gasteiger partial charge in [-0.05, 0) is 29.4 Å². The van der Waals surface area contributed by atoms with Gasteiger partial charge in [-0.1, -0.05) is 37.8 Å². The fourth-order valence-corrected chi connectivity index (χ4v) is 2.26. The number of aliphatic hydroxyl groups excluding tert-OH is 1. The first-order chi connectivity index (χ1) is 7.72. The van der Waals surface area contributed by atoms with Gasteiger partial charge in [-0.25, -0.2) is 0 Å². The van der Waals surface area contributed by atoms with Crippen molar-refractivity contribution in [3.63, 3.8) is 0 Å². The van der Waals surface area contributed by atoms with Crippen LogP contribution in [0.2, 0.25) is 0 Å². The zero-order chi connectivity index (χ0) is 11.8. The molecule has 0 radical (unpaired) electrons. The monoisotopic (exact) mass is 234 g/mol. The van der Waals surface area contributed by atoms with E-state index in [1.54, 1.807) is 0 Å². The molecule has 0 aliphatic rings. The molecule has 2 heteroatoms. The molecular formula is C14H18OS. The first-order valence-corrected chi connectivity index (χ1v) is 6.64. The van der Waals surface area contributed by atoms with Crippen LogP contribution in [0.25, 0.3) is 0 Å². The second-order valence-corrected chi connectivity index (χ2v) is 5.10. The first kappa shape index (κ1) is 13.2. The Bertz CT molecular complexity index is 357. The minimum absolute atomic E-state index is 0.0774. The van der Waals surface area contributed by atoms with E-state index in [0.717, 1.165) is 17.2 Å². The Balaban J connectivity index is 2.45. The molecule has 0 aliphatic carbocycles. The van der Waals surface area contributed by atoms with Gasteiger partial charge >= 0.3 is 0 Å². The highest BCUT2D eigenvalue weighted by molar-refractivity contribution is 7.98. The highest BCUT2D eigenvalue weighted by Crippen LogP contribution is 2.15. The molecule has 1 aromatic carbocycles. The third-order valence-corrected chi connectivity index (χ3v) is 3.43.